The van der Waals surface area contributed by atoms with Gasteiger partial charge in [0.05, 0.1) is 11.7 Å². The van der Waals surface area contributed by atoms with E-state index in [9.17, 15) is 14.4 Å². The summed E-state index contributed by atoms with van der Waals surface area (Å²) in [5.74, 6) is -0.486. The number of anilines is 1. The monoisotopic (exact) mass is 501 g/mol. The van der Waals surface area contributed by atoms with Gasteiger partial charge in [-0.05, 0) is 24.8 Å². The molecule has 0 bridgehead atoms. The van der Waals surface area contributed by atoms with Gasteiger partial charge in [-0.25, -0.2) is 0 Å². The Morgan fingerprint density at radius 3 is 2.50 bits per heavy atom. The van der Waals surface area contributed by atoms with E-state index in [0.717, 1.165) is 24.7 Å². The Hall–Kier alpha value is -2.98. The zero-order valence-corrected chi connectivity index (χ0v) is 20.9. The van der Waals surface area contributed by atoms with Crippen LogP contribution in [0.2, 0.25) is 0 Å². The number of aromatic nitrogens is 2. The number of hydrogen-bond donors (Lipinski definition) is 1. The Labute approximate surface area is 206 Å². The molecule has 0 aliphatic heterocycles. The van der Waals surface area contributed by atoms with Crippen molar-refractivity contribution in [2.24, 2.45) is 5.92 Å². The maximum atomic E-state index is 12.6. The van der Waals surface area contributed by atoms with Crippen molar-refractivity contribution >= 4 is 40.1 Å². The van der Waals surface area contributed by atoms with Crippen molar-refractivity contribution in [1.82, 2.24) is 10.2 Å². The molecule has 34 heavy (non-hydrogen) atoms. The molecule has 0 fully saturated rings. The summed E-state index contributed by atoms with van der Waals surface area (Å²) in [6.45, 7) is 5.83. The quantitative estimate of drug-likeness (QED) is 0.215. The average molecular weight is 502 g/mol. The number of nitrogens with zero attached hydrogens (tertiary/aromatic N) is 2. The molecular weight excluding hydrogens is 474 g/mol. The number of carbonyl (C=O) groups excluding carboxylic acids is 2. The van der Waals surface area contributed by atoms with Gasteiger partial charge in [0.2, 0.25) is 22.2 Å². The Balaban J connectivity index is 1.57. The second-order valence-electron chi connectivity index (χ2n) is 7.53. The van der Waals surface area contributed by atoms with Crippen LogP contribution < -0.4 is 15.5 Å². The second kappa shape index (κ2) is 12.5. The number of thioether (sulfide) groups is 1. The Kier molecular flexibility index (Phi) is 9.41. The molecule has 0 aliphatic carbocycles. The van der Waals surface area contributed by atoms with Crippen molar-refractivity contribution in [2.45, 2.75) is 56.0 Å². The normalized spacial score (nSPS) is 11.9. The molecular formula is C24H27N3O5S2. The summed E-state index contributed by atoms with van der Waals surface area (Å²) in [4.78, 5) is 37.2. The number of amides is 1. The van der Waals surface area contributed by atoms with Crippen molar-refractivity contribution in [3.05, 3.63) is 64.2 Å². The molecule has 0 saturated heterocycles. The molecule has 0 aliphatic rings. The lowest BCUT2D eigenvalue weighted by molar-refractivity contribution is -0.136. The third kappa shape index (κ3) is 6.77. The molecule has 0 radical (unpaired) electrons. The van der Waals surface area contributed by atoms with Crippen molar-refractivity contribution < 1.29 is 18.7 Å². The highest BCUT2D eigenvalue weighted by Gasteiger charge is 2.22. The highest BCUT2D eigenvalue weighted by molar-refractivity contribution is 8.00. The van der Waals surface area contributed by atoms with E-state index in [-0.39, 0.29) is 17.6 Å². The minimum atomic E-state index is -0.500. The van der Waals surface area contributed by atoms with Crippen LogP contribution in [-0.4, -0.2) is 22.1 Å². The SMILES string of the molecule is CCC(CC)C(=O)Nc1nnc(SCc2cc(=O)c(OC(=O)[C@@H](CC)c3ccccc3)co2)s1. The lowest BCUT2D eigenvalue weighted by atomic mass is 9.97. The number of benzene rings is 1. The summed E-state index contributed by atoms with van der Waals surface area (Å²) in [7, 11) is 0. The molecule has 2 aromatic heterocycles. The summed E-state index contributed by atoms with van der Waals surface area (Å²) in [5.41, 5.74) is 0.397. The van der Waals surface area contributed by atoms with E-state index in [0.29, 0.717) is 27.4 Å². The van der Waals surface area contributed by atoms with E-state index < -0.39 is 17.3 Å². The third-order valence-corrected chi connectivity index (χ3v) is 7.28. The fourth-order valence-corrected chi connectivity index (χ4v) is 4.96. The van der Waals surface area contributed by atoms with Crippen LogP contribution in [0.5, 0.6) is 5.75 Å². The molecule has 0 saturated carbocycles. The Morgan fingerprint density at radius 1 is 1.12 bits per heavy atom. The maximum Gasteiger partial charge on any atom is 0.319 e. The van der Waals surface area contributed by atoms with Crippen LogP contribution in [0.15, 0.2) is 56.2 Å². The molecule has 1 atom stereocenters. The van der Waals surface area contributed by atoms with Crippen LogP contribution in [-0.2, 0) is 15.3 Å². The fraction of sp³-hybridized carbons (Fsp3) is 0.375. The van der Waals surface area contributed by atoms with Gasteiger partial charge in [0.15, 0.2) is 4.34 Å². The minimum absolute atomic E-state index is 0.0535. The maximum absolute atomic E-state index is 12.6. The van der Waals surface area contributed by atoms with Gasteiger partial charge in [0, 0.05) is 12.0 Å². The smallest absolute Gasteiger partial charge is 0.319 e. The van der Waals surface area contributed by atoms with Gasteiger partial charge in [-0.3, -0.25) is 14.4 Å². The van der Waals surface area contributed by atoms with E-state index in [2.05, 4.69) is 15.5 Å². The van der Waals surface area contributed by atoms with Gasteiger partial charge in [0.25, 0.3) is 0 Å². The van der Waals surface area contributed by atoms with Crippen LogP contribution in [0.25, 0.3) is 0 Å². The van der Waals surface area contributed by atoms with Gasteiger partial charge < -0.3 is 14.5 Å². The molecule has 180 valence electrons. The number of carbonyl (C=O) groups is 2. The highest BCUT2D eigenvalue weighted by atomic mass is 32.2. The summed E-state index contributed by atoms with van der Waals surface area (Å²) in [6, 6.07) is 10.6. The lowest BCUT2D eigenvalue weighted by Gasteiger charge is -2.13. The first-order valence-corrected chi connectivity index (χ1v) is 12.9. The predicted molar refractivity (Wildman–Crippen MR) is 132 cm³/mol. The Bertz CT molecular complexity index is 1160. The fourth-order valence-electron chi connectivity index (χ4n) is 3.31. The van der Waals surface area contributed by atoms with Gasteiger partial charge >= 0.3 is 5.97 Å². The van der Waals surface area contributed by atoms with Crippen LogP contribution in [0.3, 0.4) is 0 Å². The van der Waals surface area contributed by atoms with E-state index in [4.69, 9.17) is 9.15 Å². The van der Waals surface area contributed by atoms with Crippen LogP contribution in [0, 0.1) is 5.92 Å². The second-order valence-corrected chi connectivity index (χ2v) is 9.73. The summed E-state index contributed by atoms with van der Waals surface area (Å²) in [5, 5.41) is 11.3. The summed E-state index contributed by atoms with van der Waals surface area (Å²) >= 11 is 2.59. The lowest BCUT2D eigenvalue weighted by Crippen LogP contribution is -2.21. The molecule has 1 N–H and O–H groups in total. The molecule has 1 amide bonds. The largest absolute Gasteiger partial charge is 0.464 e. The van der Waals surface area contributed by atoms with Crippen molar-refractivity contribution in [3.8, 4) is 5.75 Å². The Morgan fingerprint density at radius 2 is 1.85 bits per heavy atom. The molecule has 10 heteroatoms. The molecule has 0 spiro atoms. The van der Waals surface area contributed by atoms with Gasteiger partial charge in [-0.2, -0.15) is 0 Å². The van der Waals surface area contributed by atoms with Gasteiger partial charge in [-0.15, -0.1) is 10.2 Å². The standard InChI is InChI=1S/C24H27N3O5S2/c1-4-15(5-2)21(29)25-23-26-27-24(34-23)33-14-17-12-19(28)20(13-31-17)32-22(30)18(6-3)16-10-8-7-9-11-16/h7-13,15,18H,4-6,14H2,1-3H3,(H,25,26,29)/t18-/m0/s1. The van der Waals surface area contributed by atoms with E-state index in [1.165, 1.54) is 29.2 Å². The van der Waals surface area contributed by atoms with Crippen LogP contribution in [0.1, 0.15) is 57.3 Å². The average Bonchev–Trinajstić information content (AvgIpc) is 3.28. The molecule has 3 aromatic rings. The number of hydrogen-bond acceptors (Lipinski definition) is 9. The zero-order chi connectivity index (χ0) is 24.5. The number of esters is 1. The number of ether oxygens (including phenoxy) is 1. The first kappa shape index (κ1) is 25.6. The molecule has 8 nitrogen and oxygen atoms in total. The highest BCUT2D eigenvalue weighted by Crippen LogP contribution is 2.29. The van der Waals surface area contributed by atoms with Crippen molar-refractivity contribution in [1.29, 1.82) is 0 Å². The number of rotatable bonds is 11. The van der Waals surface area contributed by atoms with Gasteiger partial charge in [0.1, 0.15) is 12.0 Å². The zero-order valence-electron chi connectivity index (χ0n) is 19.3. The molecule has 2 heterocycles. The molecule has 0 unspecified atom stereocenters. The van der Waals surface area contributed by atoms with Crippen LogP contribution in [0.4, 0.5) is 5.13 Å². The van der Waals surface area contributed by atoms with E-state index in [1.54, 1.807) is 0 Å². The van der Waals surface area contributed by atoms with Gasteiger partial charge in [-0.1, -0.05) is 74.2 Å². The van der Waals surface area contributed by atoms with E-state index >= 15 is 0 Å². The minimum Gasteiger partial charge on any atom is -0.464 e. The summed E-state index contributed by atoms with van der Waals surface area (Å²) in [6.07, 6.45) is 3.23. The third-order valence-electron chi connectivity index (χ3n) is 5.29. The molecule has 3 rings (SSSR count). The van der Waals surface area contributed by atoms with Crippen molar-refractivity contribution in [3.63, 3.8) is 0 Å². The summed E-state index contributed by atoms with van der Waals surface area (Å²) < 4.78 is 11.5. The molecule has 1 aromatic carbocycles. The van der Waals surface area contributed by atoms with Crippen molar-refractivity contribution in [2.75, 3.05) is 5.32 Å². The predicted octanol–water partition coefficient (Wildman–Crippen LogP) is 5.26. The first-order valence-electron chi connectivity index (χ1n) is 11.1. The van der Waals surface area contributed by atoms with E-state index in [1.807, 2.05) is 51.1 Å². The topological polar surface area (TPSA) is 111 Å². The van der Waals surface area contributed by atoms with Crippen LogP contribution >= 0.6 is 23.1 Å². The number of nitrogens with one attached hydrogen (secondary N) is 1. The first-order chi connectivity index (χ1) is 16.4.